The third kappa shape index (κ3) is 3.76. The van der Waals surface area contributed by atoms with Crippen molar-refractivity contribution in [3.8, 4) is 0 Å². The van der Waals surface area contributed by atoms with Crippen molar-refractivity contribution in [1.29, 1.82) is 0 Å². The molecule has 19 heavy (non-hydrogen) atoms. The molecule has 104 valence electrons. The summed E-state index contributed by atoms with van der Waals surface area (Å²) in [6, 6.07) is 3.26. The number of amides is 1. The molecule has 0 heterocycles. The Labute approximate surface area is 119 Å². The molecule has 0 fully saturated rings. The molecule has 0 saturated carbocycles. The van der Waals surface area contributed by atoms with Gasteiger partial charge in [-0.2, -0.15) is 0 Å². The first-order valence-corrected chi connectivity index (χ1v) is 6.65. The summed E-state index contributed by atoms with van der Waals surface area (Å²) in [4.78, 5) is 23.0. The van der Waals surface area contributed by atoms with Gasteiger partial charge in [-0.25, -0.2) is 9.18 Å². The Bertz CT molecular complexity index is 493. The van der Waals surface area contributed by atoms with E-state index in [0.717, 1.165) is 0 Å². The van der Waals surface area contributed by atoms with E-state index in [1.807, 2.05) is 6.92 Å². The topological polar surface area (TPSA) is 66.4 Å². The standard InChI is InChI=1S/C13H15BrFNO3/c1-3-7(2)11(13(18)19)16-12(17)8-5-4-6-9(14)10(8)15/h4-7,11H,3H2,1-2H3,(H,16,17)(H,18,19)/t7?,11-/m0/s1. The number of nitrogens with one attached hydrogen (secondary N) is 1. The lowest BCUT2D eigenvalue weighted by atomic mass is 9.99. The van der Waals surface area contributed by atoms with Crippen LogP contribution in [0.4, 0.5) is 4.39 Å². The Hall–Kier alpha value is -1.43. The van der Waals surface area contributed by atoms with Gasteiger partial charge in [0.05, 0.1) is 10.0 Å². The highest BCUT2D eigenvalue weighted by Gasteiger charge is 2.26. The van der Waals surface area contributed by atoms with Crippen LogP contribution in [0.15, 0.2) is 22.7 Å². The van der Waals surface area contributed by atoms with Gasteiger partial charge in [0.25, 0.3) is 5.91 Å². The fourth-order valence-corrected chi connectivity index (χ4v) is 1.95. The highest BCUT2D eigenvalue weighted by atomic mass is 79.9. The smallest absolute Gasteiger partial charge is 0.326 e. The number of hydrogen-bond donors (Lipinski definition) is 2. The van der Waals surface area contributed by atoms with Crippen LogP contribution in [-0.4, -0.2) is 23.0 Å². The molecule has 0 aromatic heterocycles. The van der Waals surface area contributed by atoms with Crippen molar-refractivity contribution in [2.45, 2.75) is 26.3 Å². The van der Waals surface area contributed by atoms with Gasteiger partial charge in [0.15, 0.2) is 0 Å². The zero-order chi connectivity index (χ0) is 14.6. The monoisotopic (exact) mass is 331 g/mol. The molecule has 1 aromatic rings. The van der Waals surface area contributed by atoms with E-state index >= 15 is 0 Å². The summed E-state index contributed by atoms with van der Waals surface area (Å²) in [5.74, 6) is -2.80. The Morgan fingerprint density at radius 3 is 2.63 bits per heavy atom. The van der Waals surface area contributed by atoms with E-state index in [9.17, 15) is 14.0 Å². The second-order valence-corrected chi connectivity index (χ2v) is 5.13. The molecule has 0 aliphatic heterocycles. The van der Waals surface area contributed by atoms with Crippen molar-refractivity contribution in [2.75, 3.05) is 0 Å². The van der Waals surface area contributed by atoms with E-state index in [0.29, 0.717) is 6.42 Å². The third-order valence-electron chi connectivity index (χ3n) is 2.96. The summed E-state index contributed by atoms with van der Waals surface area (Å²) >= 11 is 2.98. The van der Waals surface area contributed by atoms with Crippen LogP contribution in [0.5, 0.6) is 0 Å². The van der Waals surface area contributed by atoms with Gasteiger partial charge in [-0.3, -0.25) is 4.79 Å². The second-order valence-electron chi connectivity index (χ2n) is 4.28. The molecule has 0 radical (unpaired) electrons. The van der Waals surface area contributed by atoms with E-state index in [-0.39, 0.29) is 16.0 Å². The number of aliphatic carboxylic acids is 1. The number of halogens is 2. The molecule has 2 atom stereocenters. The number of carbonyl (C=O) groups is 2. The number of rotatable bonds is 5. The molecular weight excluding hydrogens is 317 g/mol. The summed E-state index contributed by atoms with van der Waals surface area (Å²) in [7, 11) is 0. The van der Waals surface area contributed by atoms with E-state index in [1.54, 1.807) is 6.92 Å². The minimum absolute atomic E-state index is 0.163. The van der Waals surface area contributed by atoms with Crippen molar-refractivity contribution >= 4 is 27.8 Å². The average molecular weight is 332 g/mol. The average Bonchev–Trinajstić information content (AvgIpc) is 2.37. The lowest BCUT2D eigenvalue weighted by Crippen LogP contribution is -2.45. The summed E-state index contributed by atoms with van der Waals surface area (Å²) in [6.07, 6.45) is 0.595. The van der Waals surface area contributed by atoms with Crippen LogP contribution in [0.1, 0.15) is 30.6 Å². The summed E-state index contributed by atoms with van der Waals surface area (Å²) in [5, 5.41) is 11.4. The van der Waals surface area contributed by atoms with Crippen molar-refractivity contribution in [2.24, 2.45) is 5.92 Å². The van der Waals surface area contributed by atoms with Gasteiger partial charge in [-0.05, 0) is 34.0 Å². The van der Waals surface area contributed by atoms with E-state index in [1.165, 1.54) is 18.2 Å². The van der Waals surface area contributed by atoms with E-state index in [4.69, 9.17) is 5.11 Å². The summed E-state index contributed by atoms with van der Waals surface area (Å²) in [6.45, 7) is 3.54. The normalized spacial score (nSPS) is 13.7. The molecule has 1 unspecified atom stereocenters. The van der Waals surface area contributed by atoms with Gasteiger partial charge in [-0.1, -0.05) is 26.3 Å². The van der Waals surface area contributed by atoms with Gasteiger partial charge >= 0.3 is 5.97 Å². The van der Waals surface area contributed by atoms with E-state index in [2.05, 4.69) is 21.2 Å². The molecule has 0 aliphatic rings. The van der Waals surface area contributed by atoms with Gasteiger partial charge in [0, 0.05) is 0 Å². The highest BCUT2D eigenvalue weighted by molar-refractivity contribution is 9.10. The maximum absolute atomic E-state index is 13.7. The van der Waals surface area contributed by atoms with Crippen LogP contribution >= 0.6 is 15.9 Å². The van der Waals surface area contributed by atoms with Crippen LogP contribution in [0.2, 0.25) is 0 Å². The lowest BCUT2D eigenvalue weighted by Gasteiger charge is -2.20. The largest absolute Gasteiger partial charge is 0.480 e. The molecule has 0 aliphatic carbocycles. The number of benzene rings is 1. The second kappa shape index (κ2) is 6.65. The van der Waals surface area contributed by atoms with Crippen LogP contribution < -0.4 is 5.32 Å². The van der Waals surface area contributed by atoms with Crippen LogP contribution in [0.25, 0.3) is 0 Å². The molecule has 2 N–H and O–H groups in total. The van der Waals surface area contributed by atoms with Gasteiger partial charge in [0.1, 0.15) is 11.9 Å². The van der Waals surface area contributed by atoms with Gasteiger partial charge in [0.2, 0.25) is 0 Å². The number of carbonyl (C=O) groups excluding carboxylic acids is 1. The Morgan fingerprint density at radius 2 is 2.11 bits per heavy atom. The Balaban J connectivity index is 2.94. The first-order chi connectivity index (χ1) is 8.88. The maximum atomic E-state index is 13.7. The molecular formula is C13H15BrFNO3. The number of carboxylic acid groups (broad SMARTS) is 1. The Kier molecular flexibility index (Phi) is 5.47. The van der Waals surface area contributed by atoms with Crippen LogP contribution in [0, 0.1) is 11.7 Å². The van der Waals surface area contributed by atoms with E-state index < -0.39 is 23.7 Å². The third-order valence-corrected chi connectivity index (χ3v) is 3.57. The van der Waals surface area contributed by atoms with Crippen molar-refractivity contribution < 1.29 is 19.1 Å². The van der Waals surface area contributed by atoms with Crippen molar-refractivity contribution in [3.63, 3.8) is 0 Å². The predicted molar refractivity (Wildman–Crippen MR) is 72.4 cm³/mol. The predicted octanol–water partition coefficient (Wildman–Crippen LogP) is 2.82. The molecule has 1 rings (SSSR count). The summed E-state index contributed by atoms with van der Waals surface area (Å²) in [5.41, 5.74) is -0.177. The zero-order valence-electron chi connectivity index (χ0n) is 10.6. The fraction of sp³-hybridized carbons (Fsp3) is 0.385. The van der Waals surface area contributed by atoms with Crippen molar-refractivity contribution in [1.82, 2.24) is 5.32 Å². The SMILES string of the molecule is CCC(C)[C@H](NC(=O)c1cccc(Br)c1F)C(=O)O. The molecule has 6 heteroatoms. The molecule has 4 nitrogen and oxygen atoms in total. The molecule has 1 amide bonds. The van der Waals surface area contributed by atoms with Crippen LogP contribution in [0.3, 0.4) is 0 Å². The molecule has 1 aromatic carbocycles. The van der Waals surface area contributed by atoms with Crippen molar-refractivity contribution in [3.05, 3.63) is 34.1 Å². The van der Waals surface area contributed by atoms with Crippen LogP contribution in [-0.2, 0) is 4.79 Å². The first-order valence-electron chi connectivity index (χ1n) is 5.86. The zero-order valence-corrected chi connectivity index (χ0v) is 12.2. The Morgan fingerprint density at radius 1 is 1.47 bits per heavy atom. The molecule has 0 bridgehead atoms. The maximum Gasteiger partial charge on any atom is 0.326 e. The van der Waals surface area contributed by atoms with Gasteiger partial charge < -0.3 is 10.4 Å². The minimum Gasteiger partial charge on any atom is -0.480 e. The quantitative estimate of drug-likeness (QED) is 0.871. The lowest BCUT2D eigenvalue weighted by molar-refractivity contribution is -0.140. The number of hydrogen-bond acceptors (Lipinski definition) is 2. The molecule has 0 saturated heterocycles. The first kappa shape index (κ1) is 15.6. The minimum atomic E-state index is -1.13. The highest BCUT2D eigenvalue weighted by Crippen LogP contribution is 2.19. The van der Waals surface area contributed by atoms with Gasteiger partial charge in [-0.15, -0.1) is 0 Å². The number of carboxylic acids is 1. The summed E-state index contributed by atoms with van der Waals surface area (Å²) < 4.78 is 13.9. The fourth-order valence-electron chi connectivity index (χ4n) is 1.58. The molecule has 0 spiro atoms.